The van der Waals surface area contributed by atoms with Gasteiger partial charge >= 0.3 is 0 Å². The first-order chi connectivity index (χ1) is 10.8. The average Bonchev–Trinajstić information content (AvgIpc) is 3.19. The van der Waals surface area contributed by atoms with Gasteiger partial charge in [0, 0.05) is 30.7 Å². The monoisotopic (exact) mass is 361 g/mol. The second-order valence-corrected chi connectivity index (χ2v) is 6.19. The van der Waals surface area contributed by atoms with Crippen LogP contribution in [0.15, 0.2) is 24.8 Å². The van der Waals surface area contributed by atoms with Gasteiger partial charge in [0.05, 0.1) is 23.4 Å². The zero-order valence-electron chi connectivity index (χ0n) is 12.0. The molecule has 1 aliphatic heterocycles. The summed E-state index contributed by atoms with van der Waals surface area (Å²) in [6.45, 7) is 1.60. The Morgan fingerprint density at radius 2 is 2.18 bits per heavy atom. The molecular weight excluding hydrogens is 346 g/mol. The number of imidazole rings is 1. The topological polar surface area (TPSA) is 66.8 Å². The lowest BCUT2D eigenvalue weighted by Crippen LogP contribution is -2.39. The van der Waals surface area contributed by atoms with Crippen molar-refractivity contribution in [3.8, 4) is 0 Å². The van der Waals surface area contributed by atoms with Crippen molar-refractivity contribution < 1.29 is 4.79 Å². The van der Waals surface area contributed by atoms with Crippen LogP contribution in [0.25, 0.3) is 22.1 Å². The van der Waals surface area contributed by atoms with Gasteiger partial charge in [-0.25, -0.2) is 9.97 Å². The summed E-state index contributed by atoms with van der Waals surface area (Å²) in [7, 11) is 0. The fourth-order valence-electron chi connectivity index (χ4n) is 3.29. The Labute approximate surface area is 135 Å². The van der Waals surface area contributed by atoms with Crippen LogP contribution in [0.1, 0.15) is 18.9 Å². The summed E-state index contributed by atoms with van der Waals surface area (Å²) < 4.78 is 2.25. The highest BCUT2D eigenvalue weighted by Crippen LogP contribution is 2.30. The van der Waals surface area contributed by atoms with Gasteiger partial charge in [-0.1, -0.05) is 15.9 Å². The molecule has 0 unspecified atom stereocenters. The van der Waals surface area contributed by atoms with E-state index in [0.29, 0.717) is 11.4 Å². The van der Waals surface area contributed by atoms with E-state index >= 15 is 0 Å². The lowest BCUT2D eigenvalue weighted by molar-refractivity contribution is -0.129. The number of aromatic amines is 1. The number of nitrogens with one attached hydrogen (secondary N) is 1. The standard InChI is InChI=1S/C15H16BrN5O/c16-7-13(22)20-5-2-10(3-6-20)21-9-19-12-8-18-15-11(14(12)21)1-4-17-15/h1,4,8-10H,2-3,5-7H2,(H,17,18). The molecule has 1 fully saturated rings. The summed E-state index contributed by atoms with van der Waals surface area (Å²) in [4.78, 5) is 25.7. The van der Waals surface area contributed by atoms with Gasteiger partial charge in [-0.05, 0) is 18.9 Å². The maximum atomic E-state index is 11.8. The highest BCUT2D eigenvalue weighted by atomic mass is 79.9. The van der Waals surface area contributed by atoms with Crippen molar-refractivity contribution in [3.05, 3.63) is 24.8 Å². The van der Waals surface area contributed by atoms with Crippen molar-refractivity contribution >= 4 is 43.9 Å². The molecule has 1 amide bonds. The molecule has 0 bridgehead atoms. The van der Waals surface area contributed by atoms with Crippen LogP contribution in [0.4, 0.5) is 0 Å². The first-order valence-corrected chi connectivity index (χ1v) is 8.52. The van der Waals surface area contributed by atoms with Crippen LogP contribution in [-0.4, -0.2) is 48.7 Å². The Morgan fingerprint density at radius 3 is 2.95 bits per heavy atom. The maximum Gasteiger partial charge on any atom is 0.233 e. The van der Waals surface area contributed by atoms with Gasteiger partial charge in [-0.2, -0.15) is 0 Å². The molecule has 4 heterocycles. The molecule has 1 N–H and O–H groups in total. The number of pyridine rings is 1. The third-order valence-electron chi connectivity index (χ3n) is 4.44. The molecular formula is C15H16BrN5O. The van der Waals surface area contributed by atoms with Crippen molar-refractivity contribution in [2.45, 2.75) is 18.9 Å². The maximum absolute atomic E-state index is 11.8. The van der Waals surface area contributed by atoms with Crippen LogP contribution >= 0.6 is 15.9 Å². The minimum absolute atomic E-state index is 0.172. The Bertz CT molecular complexity index is 831. The van der Waals surface area contributed by atoms with Gasteiger partial charge in [0.2, 0.25) is 5.91 Å². The van der Waals surface area contributed by atoms with E-state index in [9.17, 15) is 4.79 Å². The van der Waals surface area contributed by atoms with Crippen molar-refractivity contribution in [1.29, 1.82) is 0 Å². The number of aromatic nitrogens is 4. The molecule has 7 heteroatoms. The number of nitrogens with zero attached hydrogens (tertiary/aromatic N) is 4. The highest BCUT2D eigenvalue weighted by molar-refractivity contribution is 9.09. The van der Waals surface area contributed by atoms with Crippen LogP contribution in [0.3, 0.4) is 0 Å². The van der Waals surface area contributed by atoms with Gasteiger partial charge < -0.3 is 14.5 Å². The van der Waals surface area contributed by atoms with Gasteiger partial charge in [0.25, 0.3) is 0 Å². The molecule has 0 spiro atoms. The van der Waals surface area contributed by atoms with E-state index in [1.54, 1.807) is 0 Å². The van der Waals surface area contributed by atoms with E-state index in [-0.39, 0.29) is 5.91 Å². The lowest BCUT2D eigenvalue weighted by atomic mass is 10.0. The number of likely N-dealkylation sites (tertiary alicyclic amines) is 1. The van der Waals surface area contributed by atoms with E-state index in [1.807, 2.05) is 29.7 Å². The zero-order chi connectivity index (χ0) is 15.1. The number of alkyl halides is 1. The fourth-order valence-corrected chi connectivity index (χ4v) is 3.64. The summed E-state index contributed by atoms with van der Waals surface area (Å²) in [5.74, 6) is 0.172. The van der Waals surface area contributed by atoms with E-state index in [0.717, 1.165) is 48.0 Å². The molecule has 6 nitrogen and oxygen atoms in total. The smallest absolute Gasteiger partial charge is 0.233 e. The SMILES string of the molecule is O=C(CBr)N1CCC(n2cnc3cnc4[nH]ccc4c32)CC1. The molecule has 4 rings (SSSR count). The molecule has 3 aromatic heterocycles. The molecule has 0 aromatic carbocycles. The Hall–Kier alpha value is -1.89. The number of H-pyrrole nitrogens is 1. The Morgan fingerprint density at radius 1 is 1.36 bits per heavy atom. The molecule has 1 saturated heterocycles. The van der Waals surface area contributed by atoms with E-state index in [4.69, 9.17) is 0 Å². The first kappa shape index (κ1) is 13.8. The Balaban J connectivity index is 1.68. The number of rotatable bonds is 2. The molecule has 1 aliphatic rings. The minimum atomic E-state index is 0.172. The van der Waals surface area contributed by atoms with Crippen LogP contribution in [0.2, 0.25) is 0 Å². The fraction of sp³-hybridized carbons (Fsp3) is 0.400. The predicted octanol–water partition coefficient (Wildman–Crippen LogP) is 2.47. The van der Waals surface area contributed by atoms with Crippen LogP contribution in [0.5, 0.6) is 0 Å². The summed E-state index contributed by atoms with van der Waals surface area (Å²) in [5, 5.41) is 1.51. The third-order valence-corrected chi connectivity index (χ3v) is 4.92. The Kier molecular flexibility index (Phi) is 3.37. The number of amides is 1. The number of halogens is 1. The van der Waals surface area contributed by atoms with Crippen LogP contribution in [-0.2, 0) is 4.79 Å². The minimum Gasteiger partial charge on any atom is -0.346 e. The lowest BCUT2D eigenvalue weighted by Gasteiger charge is -2.32. The number of fused-ring (bicyclic) bond motifs is 3. The average molecular weight is 362 g/mol. The third kappa shape index (κ3) is 2.11. The predicted molar refractivity (Wildman–Crippen MR) is 88.0 cm³/mol. The molecule has 0 atom stereocenters. The summed E-state index contributed by atoms with van der Waals surface area (Å²) in [6.07, 6.45) is 7.54. The molecule has 22 heavy (non-hydrogen) atoms. The second-order valence-electron chi connectivity index (χ2n) is 5.63. The van der Waals surface area contributed by atoms with E-state index in [1.165, 1.54) is 0 Å². The first-order valence-electron chi connectivity index (χ1n) is 7.40. The largest absolute Gasteiger partial charge is 0.346 e. The number of hydrogen-bond acceptors (Lipinski definition) is 3. The molecule has 0 saturated carbocycles. The van der Waals surface area contributed by atoms with E-state index in [2.05, 4.69) is 35.4 Å². The van der Waals surface area contributed by atoms with Crippen molar-refractivity contribution in [2.24, 2.45) is 0 Å². The van der Waals surface area contributed by atoms with Crippen molar-refractivity contribution in [1.82, 2.24) is 24.4 Å². The van der Waals surface area contributed by atoms with Crippen molar-refractivity contribution in [2.75, 3.05) is 18.4 Å². The zero-order valence-corrected chi connectivity index (χ0v) is 13.6. The second kappa shape index (κ2) is 5.39. The number of piperidine rings is 1. The highest BCUT2D eigenvalue weighted by Gasteiger charge is 2.24. The molecule has 0 aliphatic carbocycles. The quantitative estimate of drug-likeness (QED) is 0.713. The summed E-state index contributed by atoms with van der Waals surface area (Å²) in [6, 6.07) is 2.43. The van der Waals surface area contributed by atoms with Gasteiger partial charge in [0.15, 0.2) is 0 Å². The molecule has 114 valence electrons. The van der Waals surface area contributed by atoms with Gasteiger partial charge in [0.1, 0.15) is 11.2 Å². The van der Waals surface area contributed by atoms with Gasteiger partial charge in [-0.3, -0.25) is 4.79 Å². The van der Waals surface area contributed by atoms with Crippen LogP contribution < -0.4 is 0 Å². The van der Waals surface area contributed by atoms with Crippen molar-refractivity contribution in [3.63, 3.8) is 0 Å². The number of hydrogen-bond donors (Lipinski definition) is 1. The van der Waals surface area contributed by atoms with Gasteiger partial charge in [-0.15, -0.1) is 0 Å². The van der Waals surface area contributed by atoms with Crippen LogP contribution in [0, 0.1) is 0 Å². The van der Waals surface area contributed by atoms with E-state index < -0.39 is 0 Å². The summed E-state index contributed by atoms with van der Waals surface area (Å²) in [5.41, 5.74) is 2.95. The number of carbonyl (C=O) groups excluding carboxylic acids is 1. The molecule has 0 radical (unpaired) electrons. The normalized spacial score (nSPS) is 16.7. The summed E-state index contributed by atoms with van der Waals surface area (Å²) >= 11 is 3.24. The number of carbonyl (C=O) groups is 1. The molecule has 3 aromatic rings.